The van der Waals surface area contributed by atoms with Gasteiger partial charge in [0.2, 0.25) is 11.8 Å². The van der Waals surface area contributed by atoms with Crippen LogP contribution in [0.15, 0.2) is 71.6 Å². The summed E-state index contributed by atoms with van der Waals surface area (Å²) in [6, 6.07) is 17.5. The van der Waals surface area contributed by atoms with Gasteiger partial charge in [0.15, 0.2) is 0 Å². The third kappa shape index (κ3) is 7.80. The van der Waals surface area contributed by atoms with E-state index in [1.165, 1.54) is 17.0 Å². The van der Waals surface area contributed by atoms with Gasteiger partial charge in [0.1, 0.15) is 18.3 Å². The molecule has 0 aromatic heterocycles. The first-order chi connectivity index (χ1) is 19.4. The fraction of sp³-hybridized carbons (Fsp3) is 0.355. The third-order valence-electron chi connectivity index (χ3n) is 7.08. The minimum Gasteiger partial charge on any atom is -0.497 e. The van der Waals surface area contributed by atoms with Gasteiger partial charge in [-0.3, -0.25) is 13.9 Å². The number of anilines is 1. The summed E-state index contributed by atoms with van der Waals surface area (Å²) >= 11 is 6.38. The van der Waals surface area contributed by atoms with Gasteiger partial charge in [0.25, 0.3) is 10.0 Å². The molecular weight excluding hydrogens is 562 g/mol. The molecule has 3 rings (SSSR count). The van der Waals surface area contributed by atoms with Crippen LogP contribution in [0.25, 0.3) is 0 Å². The predicted octanol–water partition coefficient (Wildman–Crippen LogP) is 5.49. The Morgan fingerprint density at radius 2 is 1.61 bits per heavy atom. The summed E-state index contributed by atoms with van der Waals surface area (Å²) in [6.07, 6.45) is 0.724. The molecule has 0 aliphatic rings. The van der Waals surface area contributed by atoms with E-state index >= 15 is 0 Å². The minimum atomic E-state index is -4.18. The molecule has 8 nitrogen and oxygen atoms in total. The molecule has 3 aromatic carbocycles. The first-order valence-corrected chi connectivity index (χ1v) is 15.3. The molecule has 10 heteroatoms. The van der Waals surface area contributed by atoms with Crippen molar-refractivity contribution in [1.29, 1.82) is 0 Å². The topological polar surface area (TPSA) is 96.0 Å². The highest BCUT2D eigenvalue weighted by Crippen LogP contribution is 2.31. The molecule has 0 heterocycles. The fourth-order valence-corrected chi connectivity index (χ4v) is 5.83. The third-order valence-corrected chi connectivity index (χ3v) is 9.26. The summed E-state index contributed by atoms with van der Waals surface area (Å²) in [5.41, 5.74) is 2.46. The van der Waals surface area contributed by atoms with Crippen LogP contribution in [-0.4, -0.2) is 50.9 Å². The zero-order valence-electron chi connectivity index (χ0n) is 24.3. The number of methoxy groups -OCH3 is 1. The van der Waals surface area contributed by atoms with E-state index < -0.39 is 28.5 Å². The Balaban J connectivity index is 2.06. The van der Waals surface area contributed by atoms with Crippen LogP contribution in [0.4, 0.5) is 5.69 Å². The summed E-state index contributed by atoms with van der Waals surface area (Å²) in [5.74, 6) is -0.211. The number of nitrogens with one attached hydrogen (secondary N) is 1. The summed E-state index contributed by atoms with van der Waals surface area (Å²) in [7, 11) is -2.62. The SMILES string of the molecule is CC[C@@H](C)NC(=O)[C@@H](C)N(Cc1ccc(OC)cc1)C(=O)CN(c1cccc(Cl)c1C)S(=O)(=O)c1ccc(C)cc1. The van der Waals surface area contributed by atoms with E-state index in [1.54, 1.807) is 75.6 Å². The van der Waals surface area contributed by atoms with Crippen molar-refractivity contribution in [3.8, 4) is 5.75 Å². The number of rotatable bonds is 12. The number of amides is 2. The second-order valence-corrected chi connectivity index (χ2v) is 12.3. The highest BCUT2D eigenvalue weighted by Gasteiger charge is 2.33. The number of carbonyl (C=O) groups is 2. The lowest BCUT2D eigenvalue weighted by atomic mass is 10.1. The van der Waals surface area contributed by atoms with Crippen LogP contribution in [-0.2, 0) is 26.2 Å². The van der Waals surface area contributed by atoms with Crippen LogP contribution >= 0.6 is 11.6 Å². The van der Waals surface area contributed by atoms with E-state index in [9.17, 15) is 18.0 Å². The van der Waals surface area contributed by atoms with Crippen molar-refractivity contribution in [2.24, 2.45) is 0 Å². The number of ether oxygens (including phenoxy) is 1. The molecule has 0 aliphatic heterocycles. The maximum Gasteiger partial charge on any atom is 0.264 e. The molecule has 2 atom stereocenters. The van der Waals surface area contributed by atoms with Crippen molar-refractivity contribution in [1.82, 2.24) is 10.2 Å². The van der Waals surface area contributed by atoms with Crippen molar-refractivity contribution >= 4 is 39.1 Å². The second kappa shape index (κ2) is 13.9. The van der Waals surface area contributed by atoms with Gasteiger partial charge in [-0.2, -0.15) is 0 Å². The Kier molecular flexibility index (Phi) is 10.8. The number of hydrogen-bond acceptors (Lipinski definition) is 5. The molecule has 0 fully saturated rings. The quantitative estimate of drug-likeness (QED) is 0.297. The van der Waals surface area contributed by atoms with Crippen molar-refractivity contribution in [2.45, 2.75) is 64.6 Å². The van der Waals surface area contributed by atoms with Crippen molar-refractivity contribution in [2.75, 3.05) is 18.0 Å². The van der Waals surface area contributed by atoms with E-state index in [0.717, 1.165) is 21.9 Å². The number of carbonyl (C=O) groups excluding carboxylic acids is 2. The lowest BCUT2D eigenvalue weighted by molar-refractivity contribution is -0.139. The molecule has 0 saturated carbocycles. The van der Waals surface area contributed by atoms with Crippen molar-refractivity contribution in [3.63, 3.8) is 0 Å². The number of benzene rings is 3. The summed E-state index contributed by atoms with van der Waals surface area (Å²) in [5, 5.41) is 3.30. The molecule has 1 N–H and O–H groups in total. The Morgan fingerprint density at radius 1 is 0.976 bits per heavy atom. The van der Waals surface area contributed by atoms with Gasteiger partial charge >= 0.3 is 0 Å². The fourth-order valence-electron chi connectivity index (χ4n) is 4.19. The van der Waals surface area contributed by atoms with Gasteiger partial charge in [-0.25, -0.2) is 8.42 Å². The van der Waals surface area contributed by atoms with Crippen LogP contribution in [0.5, 0.6) is 5.75 Å². The van der Waals surface area contributed by atoms with Gasteiger partial charge in [0, 0.05) is 17.6 Å². The van der Waals surface area contributed by atoms with E-state index in [4.69, 9.17) is 16.3 Å². The van der Waals surface area contributed by atoms with Gasteiger partial charge in [-0.15, -0.1) is 0 Å². The predicted molar refractivity (Wildman–Crippen MR) is 163 cm³/mol. The van der Waals surface area contributed by atoms with Crippen molar-refractivity contribution < 1.29 is 22.7 Å². The zero-order chi connectivity index (χ0) is 30.3. The number of nitrogens with zero attached hydrogens (tertiary/aromatic N) is 2. The van der Waals surface area contributed by atoms with Gasteiger partial charge in [-0.1, -0.05) is 54.4 Å². The normalized spacial score (nSPS) is 12.8. The van der Waals surface area contributed by atoms with E-state index in [1.807, 2.05) is 20.8 Å². The monoisotopic (exact) mass is 599 g/mol. The average molecular weight is 600 g/mol. The van der Waals surface area contributed by atoms with Crippen LogP contribution in [0, 0.1) is 13.8 Å². The summed E-state index contributed by atoms with van der Waals surface area (Å²) in [4.78, 5) is 28.7. The smallest absolute Gasteiger partial charge is 0.264 e. The van der Waals surface area contributed by atoms with Crippen molar-refractivity contribution in [3.05, 3.63) is 88.4 Å². The largest absolute Gasteiger partial charge is 0.497 e. The highest BCUT2D eigenvalue weighted by atomic mass is 35.5. The maximum absolute atomic E-state index is 14.1. The molecule has 41 heavy (non-hydrogen) atoms. The van der Waals surface area contributed by atoms with E-state index in [-0.39, 0.29) is 29.1 Å². The maximum atomic E-state index is 14.1. The molecule has 220 valence electrons. The minimum absolute atomic E-state index is 0.0412. The van der Waals surface area contributed by atoms with Crippen LogP contribution in [0.1, 0.15) is 43.9 Å². The molecule has 0 bridgehead atoms. The first kappa shape index (κ1) is 32.0. The van der Waals surface area contributed by atoms with Crippen LogP contribution in [0.3, 0.4) is 0 Å². The van der Waals surface area contributed by atoms with Gasteiger partial charge in [0.05, 0.1) is 17.7 Å². The Morgan fingerprint density at radius 3 is 2.20 bits per heavy atom. The van der Waals surface area contributed by atoms with Gasteiger partial charge in [-0.05, 0) is 81.6 Å². The molecule has 0 aliphatic carbocycles. The number of aryl methyl sites for hydroxylation is 1. The Hall–Kier alpha value is -3.56. The van der Waals surface area contributed by atoms with Crippen LogP contribution < -0.4 is 14.4 Å². The molecule has 3 aromatic rings. The number of sulfonamides is 1. The number of halogens is 1. The van der Waals surface area contributed by atoms with E-state index in [0.29, 0.717) is 16.3 Å². The zero-order valence-corrected chi connectivity index (χ0v) is 25.9. The molecular formula is C31H38ClN3O5S. The Bertz CT molecular complexity index is 1460. The molecule has 0 radical (unpaired) electrons. The lowest BCUT2D eigenvalue weighted by Crippen LogP contribution is -2.52. The number of hydrogen-bond donors (Lipinski definition) is 1. The highest BCUT2D eigenvalue weighted by molar-refractivity contribution is 7.92. The van der Waals surface area contributed by atoms with Gasteiger partial charge < -0.3 is 15.0 Å². The second-order valence-electron chi connectivity index (χ2n) is 10.1. The summed E-state index contributed by atoms with van der Waals surface area (Å²) in [6.45, 7) is 8.61. The van der Waals surface area contributed by atoms with E-state index in [2.05, 4.69) is 5.32 Å². The van der Waals surface area contributed by atoms with Crippen LogP contribution in [0.2, 0.25) is 5.02 Å². The Labute approximate surface area is 248 Å². The molecule has 0 saturated heterocycles. The standard InChI is InChI=1S/C31H38ClN3O5S/c1-7-22(3)33-31(37)24(5)34(19-25-13-15-26(40-6)16-14-25)30(36)20-35(29-10-8-9-28(32)23(29)4)41(38,39)27-17-11-21(2)12-18-27/h8-18,22,24H,7,19-20H2,1-6H3,(H,33,37)/t22-,24-/m1/s1. The molecule has 2 amide bonds. The summed E-state index contributed by atoms with van der Waals surface area (Å²) < 4.78 is 34.3. The average Bonchev–Trinajstić information content (AvgIpc) is 2.96. The lowest BCUT2D eigenvalue weighted by Gasteiger charge is -2.33. The molecule has 0 spiro atoms. The molecule has 0 unspecified atom stereocenters. The first-order valence-electron chi connectivity index (χ1n) is 13.5.